The normalized spacial score (nSPS) is 15.0. The van der Waals surface area contributed by atoms with Crippen molar-refractivity contribution in [2.75, 3.05) is 6.61 Å². The highest BCUT2D eigenvalue weighted by Gasteiger charge is 2.24. The molecule has 0 bridgehead atoms. The first kappa shape index (κ1) is 19.6. The van der Waals surface area contributed by atoms with Crippen molar-refractivity contribution in [2.24, 2.45) is 0 Å². The van der Waals surface area contributed by atoms with Gasteiger partial charge in [-0.15, -0.1) is 0 Å². The van der Waals surface area contributed by atoms with Crippen LogP contribution in [0.2, 0.25) is 0 Å². The maximum Gasteiger partial charge on any atom is 0.252 e. The van der Waals surface area contributed by atoms with Crippen LogP contribution in [0.4, 0.5) is 0 Å². The second-order valence-corrected chi connectivity index (χ2v) is 8.55. The Morgan fingerprint density at radius 1 is 1.10 bits per heavy atom. The monoisotopic (exact) mass is 464 g/mol. The summed E-state index contributed by atoms with van der Waals surface area (Å²) >= 11 is 4.92. The molecule has 0 spiro atoms. The molecular weight excluding hydrogens is 448 g/mol. The van der Waals surface area contributed by atoms with Crippen molar-refractivity contribution in [3.63, 3.8) is 0 Å². The minimum Gasteiger partial charge on any atom is -0.493 e. The van der Waals surface area contributed by atoms with Gasteiger partial charge in [-0.05, 0) is 42.5 Å². The molecule has 1 aliphatic heterocycles. The number of nitrogens with zero attached hydrogens (tertiary/aromatic N) is 1. The van der Waals surface area contributed by atoms with Gasteiger partial charge in [0.15, 0.2) is 0 Å². The largest absolute Gasteiger partial charge is 0.493 e. The van der Waals surface area contributed by atoms with Gasteiger partial charge in [0.2, 0.25) is 0 Å². The molecule has 1 N–H and O–H groups in total. The minimum absolute atomic E-state index is 0.117. The Kier molecular flexibility index (Phi) is 5.89. The molecule has 1 aliphatic rings. The van der Waals surface area contributed by atoms with Gasteiger partial charge in [0.25, 0.3) is 5.91 Å². The Morgan fingerprint density at radius 3 is 2.69 bits per heavy atom. The third kappa shape index (κ3) is 4.31. The van der Waals surface area contributed by atoms with Crippen LogP contribution < -0.4 is 10.1 Å². The van der Waals surface area contributed by atoms with Crippen molar-refractivity contribution in [2.45, 2.75) is 22.3 Å². The van der Waals surface area contributed by atoms with Gasteiger partial charge >= 0.3 is 0 Å². The number of ether oxygens (including phenoxy) is 1. The zero-order valence-electron chi connectivity index (χ0n) is 15.4. The molecule has 6 heteroatoms. The topological polar surface area (TPSA) is 62.1 Å². The van der Waals surface area contributed by atoms with E-state index in [0.29, 0.717) is 24.2 Å². The number of carbonyl (C=O) groups is 1. The van der Waals surface area contributed by atoms with E-state index in [1.54, 1.807) is 6.07 Å². The summed E-state index contributed by atoms with van der Waals surface area (Å²) in [5.41, 5.74) is 2.16. The molecule has 1 heterocycles. The molecular formula is C23H17BrN2O2S. The quantitative estimate of drug-likeness (QED) is 0.535. The molecule has 4 rings (SSSR count). The van der Waals surface area contributed by atoms with E-state index < -0.39 is 0 Å². The lowest BCUT2D eigenvalue weighted by Crippen LogP contribution is -2.32. The molecule has 0 aromatic heterocycles. The molecule has 3 aromatic rings. The van der Waals surface area contributed by atoms with Gasteiger partial charge in [-0.1, -0.05) is 52.0 Å². The van der Waals surface area contributed by atoms with Gasteiger partial charge in [0.1, 0.15) is 11.8 Å². The van der Waals surface area contributed by atoms with Crippen LogP contribution in [0.15, 0.2) is 81.0 Å². The fraction of sp³-hybridized carbons (Fsp3) is 0.130. The first-order chi connectivity index (χ1) is 14.2. The average molecular weight is 465 g/mol. The van der Waals surface area contributed by atoms with Gasteiger partial charge in [-0.3, -0.25) is 4.79 Å². The smallest absolute Gasteiger partial charge is 0.252 e. The highest BCUT2D eigenvalue weighted by atomic mass is 79.9. The lowest BCUT2D eigenvalue weighted by atomic mass is 10.00. The lowest BCUT2D eigenvalue weighted by Gasteiger charge is -2.27. The number of nitrogens with one attached hydrogen (secondary N) is 1. The number of rotatable bonds is 4. The van der Waals surface area contributed by atoms with E-state index in [2.05, 4.69) is 27.3 Å². The molecule has 0 aliphatic carbocycles. The zero-order valence-corrected chi connectivity index (χ0v) is 17.8. The zero-order chi connectivity index (χ0) is 20.2. The van der Waals surface area contributed by atoms with Crippen LogP contribution in [-0.4, -0.2) is 12.5 Å². The molecule has 144 valence electrons. The number of hydrogen-bond donors (Lipinski definition) is 1. The van der Waals surface area contributed by atoms with E-state index in [1.165, 1.54) is 11.8 Å². The van der Waals surface area contributed by atoms with Crippen LogP contribution in [0.25, 0.3) is 0 Å². The Hall–Kier alpha value is -2.75. The lowest BCUT2D eigenvalue weighted by molar-refractivity contribution is 0.0922. The second-order valence-electron chi connectivity index (χ2n) is 6.55. The van der Waals surface area contributed by atoms with E-state index >= 15 is 0 Å². The van der Waals surface area contributed by atoms with Gasteiger partial charge in [-0.25, -0.2) is 0 Å². The van der Waals surface area contributed by atoms with Crippen molar-refractivity contribution in [3.05, 3.63) is 87.9 Å². The summed E-state index contributed by atoms with van der Waals surface area (Å²) in [5, 5.41) is 12.5. The number of nitriles is 1. The van der Waals surface area contributed by atoms with Gasteiger partial charge in [0.05, 0.1) is 23.8 Å². The molecule has 0 saturated carbocycles. The molecule has 0 fully saturated rings. The molecule has 1 atom stereocenters. The Labute approximate surface area is 182 Å². The van der Waals surface area contributed by atoms with E-state index in [9.17, 15) is 10.1 Å². The predicted molar refractivity (Wildman–Crippen MR) is 116 cm³/mol. The van der Waals surface area contributed by atoms with Crippen molar-refractivity contribution in [1.82, 2.24) is 5.32 Å². The van der Waals surface area contributed by atoms with Crippen LogP contribution >= 0.6 is 27.7 Å². The van der Waals surface area contributed by atoms with E-state index in [-0.39, 0.29) is 11.9 Å². The van der Waals surface area contributed by atoms with Crippen molar-refractivity contribution >= 4 is 33.6 Å². The molecule has 29 heavy (non-hydrogen) atoms. The number of carbonyl (C=O) groups excluding carboxylic acids is 1. The summed E-state index contributed by atoms with van der Waals surface area (Å²) in [6.45, 7) is 0.561. The molecule has 4 nitrogen and oxygen atoms in total. The highest BCUT2D eigenvalue weighted by molar-refractivity contribution is 9.10. The number of halogens is 1. The summed E-state index contributed by atoms with van der Waals surface area (Å²) in [6.07, 6.45) is 0.710. The van der Waals surface area contributed by atoms with Crippen LogP contribution in [0, 0.1) is 11.3 Å². The van der Waals surface area contributed by atoms with Gasteiger partial charge in [-0.2, -0.15) is 5.26 Å². The highest BCUT2D eigenvalue weighted by Crippen LogP contribution is 2.36. The third-order valence-corrected chi connectivity index (χ3v) is 6.32. The fourth-order valence-electron chi connectivity index (χ4n) is 3.26. The van der Waals surface area contributed by atoms with Crippen LogP contribution in [0.3, 0.4) is 0 Å². The second kappa shape index (κ2) is 8.73. The minimum atomic E-state index is -0.139. The maximum absolute atomic E-state index is 13.1. The SMILES string of the molecule is N#Cc1ccccc1Sc1ccccc1C(=O)NC1CCOc2ccc(Br)cc21. The standard InChI is InChI=1S/C23H17BrN2O2S/c24-16-9-10-20-18(13-16)19(11-12-28-20)26-23(27)17-6-2-4-8-22(17)29-21-7-3-1-5-15(21)14-25/h1-10,13,19H,11-12H2,(H,26,27). The summed E-state index contributed by atoms with van der Waals surface area (Å²) in [6, 6.07) is 22.8. The van der Waals surface area contributed by atoms with Crippen LogP contribution in [0.5, 0.6) is 5.75 Å². The number of hydrogen-bond acceptors (Lipinski definition) is 4. The van der Waals surface area contributed by atoms with Crippen LogP contribution in [-0.2, 0) is 0 Å². The van der Waals surface area contributed by atoms with E-state index in [4.69, 9.17) is 4.74 Å². The molecule has 1 amide bonds. The van der Waals surface area contributed by atoms with Gasteiger partial charge < -0.3 is 10.1 Å². The first-order valence-electron chi connectivity index (χ1n) is 9.15. The number of fused-ring (bicyclic) bond motifs is 1. The average Bonchev–Trinajstić information content (AvgIpc) is 2.75. The van der Waals surface area contributed by atoms with Crippen molar-refractivity contribution in [3.8, 4) is 11.8 Å². The Balaban J connectivity index is 1.60. The summed E-state index contributed by atoms with van der Waals surface area (Å²) in [5.74, 6) is 0.663. The fourth-order valence-corrected chi connectivity index (χ4v) is 4.66. The summed E-state index contributed by atoms with van der Waals surface area (Å²) < 4.78 is 6.67. The summed E-state index contributed by atoms with van der Waals surface area (Å²) in [7, 11) is 0. The Bertz CT molecular complexity index is 1110. The predicted octanol–water partition coefficient (Wildman–Crippen LogP) is 5.73. The molecule has 3 aromatic carbocycles. The van der Waals surface area contributed by atoms with E-state index in [0.717, 1.165) is 25.6 Å². The first-order valence-corrected chi connectivity index (χ1v) is 10.8. The van der Waals surface area contributed by atoms with E-state index in [1.807, 2.05) is 60.7 Å². The maximum atomic E-state index is 13.1. The Morgan fingerprint density at radius 2 is 1.86 bits per heavy atom. The summed E-state index contributed by atoms with van der Waals surface area (Å²) in [4.78, 5) is 14.8. The van der Waals surface area contributed by atoms with Crippen LogP contribution in [0.1, 0.15) is 33.9 Å². The number of benzene rings is 3. The third-order valence-electron chi connectivity index (χ3n) is 4.68. The van der Waals surface area contributed by atoms with Crippen molar-refractivity contribution < 1.29 is 9.53 Å². The molecule has 0 saturated heterocycles. The van der Waals surface area contributed by atoms with Crippen molar-refractivity contribution in [1.29, 1.82) is 5.26 Å². The van der Waals surface area contributed by atoms with Gasteiger partial charge in [0, 0.05) is 26.2 Å². The molecule has 0 radical (unpaired) electrons. The molecule has 1 unspecified atom stereocenters. The number of amides is 1.